The Morgan fingerprint density at radius 1 is 1.11 bits per heavy atom. The zero-order chi connectivity index (χ0) is 12.8. The molecule has 1 aromatic heterocycles. The van der Waals surface area contributed by atoms with Crippen molar-refractivity contribution in [2.24, 2.45) is 0 Å². The van der Waals surface area contributed by atoms with Crippen molar-refractivity contribution in [1.29, 1.82) is 0 Å². The lowest BCUT2D eigenvalue weighted by molar-refractivity contribution is 0.414. The van der Waals surface area contributed by atoms with Crippen LogP contribution in [0.2, 0.25) is 0 Å². The fourth-order valence-corrected chi connectivity index (χ4v) is 1.85. The Balaban J connectivity index is 1.88. The fourth-order valence-electron chi connectivity index (χ4n) is 1.85. The van der Waals surface area contributed by atoms with Gasteiger partial charge < -0.3 is 10.1 Å². The van der Waals surface area contributed by atoms with Gasteiger partial charge in [0.05, 0.1) is 7.11 Å². The van der Waals surface area contributed by atoms with Crippen LogP contribution in [0.3, 0.4) is 0 Å². The van der Waals surface area contributed by atoms with Crippen molar-refractivity contribution < 1.29 is 4.74 Å². The summed E-state index contributed by atoms with van der Waals surface area (Å²) in [5.41, 5.74) is 3.61. The molecule has 0 spiro atoms. The lowest BCUT2D eigenvalue weighted by atomic mass is 10.2. The van der Waals surface area contributed by atoms with Crippen LogP contribution in [-0.4, -0.2) is 12.1 Å². The summed E-state index contributed by atoms with van der Waals surface area (Å²) in [5, 5.41) is 3.40. The molecule has 0 unspecified atom stereocenters. The minimum atomic E-state index is 0.825. The molecule has 0 aliphatic carbocycles. The van der Waals surface area contributed by atoms with Gasteiger partial charge in [-0.3, -0.25) is 4.98 Å². The van der Waals surface area contributed by atoms with Gasteiger partial charge in [0, 0.05) is 25.5 Å². The first-order valence-corrected chi connectivity index (χ1v) is 6.02. The van der Waals surface area contributed by atoms with E-state index in [1.54, 1.807) is 7.11 Å². The number of hydrogen-bond donors (Lipinski definition) is 1. The molecule has 0 aliphatic rings. The van der Waals surface area contributed by atoms with Crippen LogP contribution >= 0.6 is 0 Å². The second kappa shape index (κ2) is 6.17. The lowest BCUT2D eigenvalue weighted by Gasteiger charge is -2.07. The smallest absolute Gasteiger partial charge is 0.119 e. The standard InChI is InChI=1S/C15H18N2O/c1-12-6-14(10-16-8-12)11-17-9-13-4-3-5-15(7-13)18-2/h3-8,10,17H,9,11H2,1-2H3. The Kier molecular flexibility index (Phi) is 4.31. The fraction of sp³-hybridized carbons (Fsp3) is 0.267. The molecular weight excluding hydrogens is 224 g/mol. The third kappa shape index (κ3) is 3.57. The lowest BCUT2D eigenvalue weighted by Crippen LogP contribution is -2.12. The van der Waals surface area contributed by atoms with E-state index in [1.165, 1.54) is 16.7 Å². The number of ether oxygens (including phenoxy) is 1. The largest absolute Gasteiger partial charge is 0.497 e. The minimum Gasteiger partial charge on any atom is -0.497 e. The topological polar surface area (TPSA) is 34.1 Å². The van der Waals surface area contributed by atoms with Crippen molar-refractivity contribution in [3.8, 4) is 5.75 Å². The predicted molar refractivity (Wildman–Crippen MR) is 72.5 cm³/mol. The molecule has 0 bridgehead atoms. The average Bonchev–Trinajstić information content (AvgIpc) is 2.39. The summed E-state index contributed by atoms with van der Waals surface area (Å²) in [6, 6.07) is 10.2. The molecule has 1 N–H and O–H groups in total. The summed E-state index contributed by atoms with van der Waals surface area (Å²) in [7, 11) is 1.69. The van der Waals surface area contributed by atoms with Gasteiger partial charge in [0.2, 0.25) is 0 Å². The van der Waals surface area contributed by atoms with Crippen LogP contribution < -0.4 is 10.1 Å². The molecule has 0 fully saturated rings. The number of nitrogens with one attached hydrogen (secondary N) is 1. The van der Waals surface area contributed by atoms with E-state index in [1.807, 2.05) is 30.6 Å². The van der Waals surface area contributed by atoms with Crippen molar-refractivity contribution in [2.45, 2.75) is 20.0 Å². The first-order chi connectivity index (χ1) is 8.78. The maximum Gasteiger partial charge on any atom is 0.119 e. The molecule has 3 heteroatoms. The summed E-state index contributed by atoms with van der Waals surface area (Å²) in [4.78, 5) is 4.18. The Labute approximate surface area is 108 Å². The Morgan fingerprint density at radius 3 is 2.72 bits per heavy atom. The van der Waals surface area contributed by atoms with Gasteiger partial charge >= 0.3 is 0 Å². The molecule has 2 aromatic rings. The Hall–Kier alpha value is -1.87. The monoisotopic (exact) mass is 242 g/mol. The van der Waals surface area contributed by atoms with Crippen molar-refractivity contribution in [1.82, 2.24) is 10.3 Å². The number of aromatic nitrogens is 1. The van der Waals surface area contributed by atoms with Crippen molar-refractivity contribution in [2.75, 3.05) is 7.11 Å². The molecule has 3 nitrogen and oxygen atoms in total. The number of methoxy groups -OCH3 is 1. The van der Waals surface area contributed by atoms with Gasteiger partial charge in [0.25, 0.3) is 0 Å². The average molecular weight is 242 g/mol. The molecule has 0 aliphatic heterocycles. The molecule has 0 saturated heterocycles. The summed E-state index contributed by atoms with van der Waals surface area (Å²) in [6.45, 7) is 3.70. The molecular formula is C15H18N2O. The second-order valence-corrected chi connectivity index (χ2v) is 4.33. The van der Waals surface area contributed by atoms with E-state index in [0.717, 1.165) is 18.8 Å². The van der Waals surface area contributed by atoms with Crippen molar-refractivity contribution in [3.05, 3.63) is 59.4 Å². The molecule has 0 saturated carbocycles. The van der Waals surface area contributed by atoms with E-state index >= 15 is 0 Å². The normalized spacial score (nSPS) is 10.3. The van der Waals surface area contributed by atoms with Crippen LogP contribution in [0.25, 0.3) is 0 Å². The van der Waals surface area contributed by atoms with Gasteiger partial charge in [-0.15, -0.1) is 0 Å². The molecule has 1 heterocycles. The van der Waals surface area contributed by atoms with Crippen LogP contribution in [0.4, 0.5) is 0 Å². The summed E-state index contributed by atoms with van der Waals surface area (Å²) < 4.78 is 5.20. The molecule has 0 atom stereocenters. The number of aryl methyl sites for hydroxylation is 1. The van der Waals surface area contributed by atoms with Gasteiger partial charge in [-0.05, 0) is 35.7 Å². The van der Waals surface area contributed by atoms with E-state index in [4.69, 9.17) is 4.74 Å². The molecule has 1 aromatic carbocycles. The number of hydrogen-bond acceptors (Lipinski definition) is 3. The number of pyridine rings is 1. The maximum atomic E-state index is 5.20. The zero-order valence-corrected chi connectivity index (χ0v) is 10.8. The number of benzene rings is 1. The third-order valence-corrected chi connectivity index (χ3v) is 2.72. The van der Waals surface area contributed by atoms with Crippen LogP contribution in [0.15, 0.2) is 42.7 Å². The van der Waals surface area contributed by atoms with Gasteiger partial charge in [0.1, 0.15) is 5.75 Å². The van der Waals surface area contributed by atoms with Gasteiger partial charge in [0.15, 0.2) is 0 Å². The summed E-state index contributed by atoms with van der Waals surface area (Å²) >= 11 is 0. The van der Waals surface area contributed by atoms with Gasteiger partial charge in [-0.2, -0.15) is 0 Å². The van der Waals surface area contributed by atoms with Crippen LogP contribution in [0, 0.1) is 6.92 Å². The molecule has 94 valence electrons. The first-order valence-electron chi connectivity index (χ1n) is 6.02. The minimum absolute atomic E-state index is 0.825. The quantitative estimate of drug-likeness (QED) is 0.875. The predicted octanol–water partition coefficient (Wildman–Crippen LogP) is 2.69. The Morgan fingerprint density at radius 2 is 1.94 bits per heavy atom. The highest BCUT2D eigenvalue weighted by Crippen LogP contribution is 2.12. The van der Waals surface area contributed by atoms with E-state index in [-0.39, 0.29) is 0 Å². The highest BCUT2D eigenvalue weighted by Gasteiger charge is 1.97. The van der Waals surface area contributed by atoms with Gasteiger partial charge in [-0.25, -0.2) is 0 Å². The second-order valence-electron chi connectivity index (χ2n) is 4.33. The van der Waals surface area contributed by atoms with Crippen LogP contribution in [0.1, 0.15) is 16.7 Å². The number of rotatable bonds is 5. The van der Waals surface area contributed by atoms with Crippen molar-refractivity contribution >= 4 is 0 Å². The molecule has 18 heavy (non-hydrogen) atoms. The summed E-state index contributed by atoms with van der Waals surface area (Å²) in [6.07, 6.45) is 3.76. The van der Waals surface area contributed by atoms with E-state index in [9.17, 15) is 0 Å². The van der Waals surface area contributed by atoms with E-state index in [2.05, 4.69) is 29.4 Å². The molecule has 2 rings (SSSR count). The highest BCUT2D eigenvalue weighted by atomic mass is 16.5. The van der Waals surface area contributed by atoms with Crippen LogP contribution in [-0.2, 0) is 13.1 Å². The van der Waals surface area contributed by atoms with Crippen LogP contribution in [0.5, 0.6) is 5.75 Å². The van der Waals surface area contributed by atoms with Gasteiger partial charge in [-0.1, -0.05) is 18.2 Å². The first kappa shape index (κ1) is 12.6. The van der Waals surface area contributed by atoms with Crippen molar-refractivity contribution in [3.63, 3.8) is 0 Å². The SMILES string of the molecule is COc1cccc(CNCc2cncc(C)c2)c1. The zero-order valence-electron chi connectivity index (χ0n) is 10.8. The maximum absolute atomic E-state index is 5.20. The summed E-state index contributed by atoms with van der Waals surface area (Å²) in [5.74, 6) is 0.895. The molecule has 0 amide bonds. The van der Waals surface area contributed by atoms with E-state index in [0.29, 0.717) is 0 Å². The van der Waals surface area contributed by atoms with E-state index < -0.39 is 0 Å². The third-order valence-electron chi connectivity index (χ3n) is 2.72. The number of nitrogens with zero attached hydrogens (tertiary/aromatic N) is 1. The molecule has 0 radical (unpaired) electrons. The highest BCUT2D eigenvalue weighted by molar-refractivity contribution is 5.28. The Bertz CT molecular complexity index is 511.